The van der Waals surface area contributed by atoms with Crippen LogP contribution in [0.1, 0.15) is 38.2 Å². The van der Waals surface area contributed by atoms with E-state index in [9.17, 15) is 14.4 Å². The zero-order valence-electron chi connectivity index (χ0n) is 14.5. The molecule has 0 saturated carbocycles. The van der Waals surface area contributed by atoms with E-state index in [-0.39, 0.29) is 30.1 Å². The number of benzene rings is 1. The van der Waals surface area contributed by atoms with Crippen molar-refractivity contribution in [3.05, 3.63) is 29.8 Å². The topological polar surface area (TPSA) is 77.9 Å². The van der Waals surface area contributed by atoms with Gasteiger partial charge in [0.05, 0.1) is 6.42 Å². The molecule has 0 radical (unpaired) electrons. The van der Waals surface area contributed by atoms with Gasteiger partial charge < -0.3 is 14.9 Å². The molecule has 3 rings (SSSR count). The molecular formula is C19H24N2O4. The number of fused-ring (bicyclic) bond motifs is 1. The average molecular weight is 344 g/mol. The van der Waals surface area contributed by atoms with Crippen molar-refractivity contribution in [2.45, 2.75) is 39.0 Å². The number of carboxylic acids is 1. The summed E-state index contributed by atoms with van der Waals surface area (Å²) in [5.74, 6) is -1.04. The van der Waals surface area contributed by atoms with Gasteiger partial charge in [0.15, 0.2) is 0 Å². The van der Waals surface area contributed by atoms with E-state index in [0.29, 0.717) is 19.6 Å². The van der Waals surface area contributed by atoms with E-state index in [0.717, 1.165) is 30.5 Å². The van der Waals surface area contributed by atoms with Crippen LogP contribution < -0.4 is 4.90 Å². The van der Waals surface area contributed by atoms with Gasteiger partial charge in [0.2, 0.25) is 11.8 Å². The van der Waals surface area contributed by atoms with E-state index in [2.05, 4.69) is 6.07 Å². The van der Waals surface area contributed by atoms with Crippen molar-refractivity contribution >= 4 is 23.5 Å². The lowest BCUT2D eigenvalue weighted by atomic mass is 9.72. The summed E-state index contributed by atoms with van der Waals surface area (Å²) in [5, 5.41) is 8.79. The van der Waals surface area contributed by atoms with Crippen molar-refractivity contribution in [2.75, 3.05) is 24.5 Å². The molecular weight excluding hydrogens is 320 g/mol. The monoisotopic (exact) mass is 344 g/mol. The maximum absolute atomic E-state index is 12.4. The lowest BCUT2D eigenvalue weighted by molar-refractivity contribution is -0.142. The highest BCUT2D eigenvalue weighted by molar-refractivity contribution is 5.93. The van der Waals surface area contributed by atoms with E-state index < -0.39 is 5.97 Å². The zero-order valence-corrected chi connectivity index (χ0v) is 14.5. The molecule has 0 aromatic heterocycles. The SMILES string of the molecule is CC(=O)N1CC2(CCCN(C(=O)CCC(=O)O)C2)Cc2ccccc21. The van der Waals surface area contributed by atoms with Gasteiger partial charge in [-0.05, 0) is 30.9 Å². The predicted octanol–water partition coefficient (Wildman–Crippen LogP) is 2.07. The van der Waals surface area contributed by atoms with Crippen molar-refractivity contribution in [1.29, 1.82) is 0 Å². The second-order valence-corrected chi connectivity index (χ2v) is 7.22. The van der Waals surface area contributed by atoms with Crippen LogP contribution in [0.2, 0.25) is 0 Å². The Morgan fingerprint density at radius 2 is 1.92 bits per heavy atom. The van der Waals surface area contributed by atoms with Gasteiger partial charge in [0.1, 0.15) is 0 Å². The molecule has 0 bridgehead atoms. The molecule has 1 atom stereocenters. The minimum atomic E-state index is -0.950. The fraction of sp³-hybridized carbons (Fsp3) is 0.526. The number of hydrogen-bond donors (Lipinski definition) is 1. The van der Waals surface area contributed by atoms with Crippen molar-refractivity contribution in [1.82, 2.24) is 4.90 Å². The Morgan fingerprint density at radius 1 is 1.16 bits per heavy atom. The normalized spacial score (nSPS) is 22.6. The summed E-state index contributed by atoms with van der Waals surface area (Å²) in [6.45, 7) is 3.45. The number of amides is 2. The molecule has 1 unspecified atom stereocenters. The van der Waals surface area contributed by atoms with Gasteiger partial charge in [-0.15, -0.1) is 0 Å². The summed E-state index contributed by atoms with van der Waals surface area (Å²) in [4.78, 5) is 38.9. The lowest BCUT2D eigenvalue weighted by Gasteiger charge is -2.48. The number of hydrogen-bond acceptors (Lipinski definition) is 3. The van der Waals surface area contributed by atoms with E-state index in [4.69, 9.17) is 5.11 Å². The highest BCUT2D eigenvalue weighted by Crippen LogP contribution is 2.42. The summed E-state index contributed by atoms with van der Waals surface area (Å²) in [6.07, 6.45) is 2.60. The molecule has 2 aliphatic heterocycles. The first-order chi connectivity index (χ1) is 11.9. The van der Waals surface area contributed by atoms with Crippen LogP contribution in [0, 0.1) is 5.41 Å². The minimum absolute atomic E-state index is 0.0147. The Balaban J connectivity index is 1.80. The van der Waals surface area contributed by atoms with Gasteiger partial charge in [0.25, 0.3) is 0 Å². The molecule has 2 aliphatic rings. The Hall–Kier alpha value is -2.37. The smallest absolute Gasteiger partial charge is 0.303 e. The van der Waals surface area contributed by atoms with Crippen molar-refractivity contribution < 1.29 is 19.5 Å². The molecule has 1 spiro atoms. The molecule has 25 heavy (non-hydrogen) atoms. The number of likely N-dealkylation sites (tertiary alicyclic amines) is 1. The second-order valence-electron chi connectivity index (χ2n) is 7.22. The number of anilines is 1. The van der Waals surface area contributed by atoms with Crippen LogP contribution >= 0.6 is 0 Å². The third kappa shape index (κ3) is 3.67. The Morgan fingerprint density at radius 3 is 2.64 bits per heavy atom. The predicted molar refractivity (Wildman–Crippen MR) is 93.3 cm³/mol. The molecule has 134 valence electrons. The van der Waals surface area contributed by atoms with Crippen molar-refractivity contribution in [3.63, 3.8) is 0 Å². The minimum Gasteiger partial charge on any atom is -0.481 e. The molecule has 2 amide bonds. The van der Waals surface area contributed by atoms with Crippen molar-refractivity contribution in [3.8, 4) is 0 Å². The number of carbonyl (C=O) groups is 3. The largest absolute Gasteiger partial charge is 0.481 e. The van der Waals surface area contributed by atoms with Crippen LogP contribution in [0.15, 0.2) is 24.3 Å². The van der Waals surface area contributed by atoms with Crippen LogP contribution in [-0.2, 0) is 20.8 Å². The summed E-state index contributed by atoms with van der Waals surface area (Å²) in [5.41, 5.74) is 1.97. The Bertz CT molecular complexity index is 702. The molecule has 6 nitrogen and oxygen atoms in total. The average Bonchev–Trinajstić information content (AvgIpc) is 2.58. The van der Waals surface area contributed by atoms with E-state index in [1.807, 2.05) is 23.1 Å². The number of rotatable bonds is 3. The highest BCUT2D eigenvalue weighted by atomic mass is 16.4. The first kappa shape index (κ1) is 17.5. The van der Waals surface area contributed by atoms with E-state index >= 15 is 0 Å². The Kier molecular flexibility index (Phi) is 4.79. The van der Waals surface area contributed by atoms with Gasteiger partial charge >= 0.3 is 5.97 Å². The first-order valence-electron chi connectivity index (χ1n) is 8.76. The second kappa shape index (κ2) is 6.86. The first-order valence-corrected chi connectivity index (χ1v) is 8.76. The van der Waals surface area contributed by atoms with Gasteiger partial charge in [0, 0.05) is 44.1 Å². The zero-order chi connectivity index (χ0) is 18.0. The lowest BCUT2D eigenvalue weighted by Crippen LogP contribution is -2.55. The summed E-state index contributed by atoms with van der Waals surface area (Å²) >= 11 is 0. The Labute approximate surface area is 147 Å². The number of carbonyl (C=O) groups excluding carboxylic acids is 2. The molecule has 1 aromatic carbocycles. The third-order valence-electron chi connectivity index (χ3n) is 5.29. The summed E-state index contributed by atoms with van der Waals surface area (Å²) in [6, 6.07) is 7.95. The van der Waals surface area contributed by atoms with Crippen LogP contribution in [0.3, 0.4) is 0 Å². The third-order valence-corrected chi connectivity index (χ3v) is 5.29. The molecule has 6 heteroatoms. The fourth-order valence-corrected chi connectivity index (χ4v) is 4.15. The molecule has 1 fully saturated rings. The van der Waals surface area contributed by atoms with Crippen LogP contribution in [0.4, 0.5) is 5.69 Å². The van der Waals surface area contributed by atoms with Crippen LogP contribution in [0.25, 0.3) is 0 Å². The maximum atomic E-state index is 12.4. The van der Waals surface area contributed by atoms with E-state index in [1.165, 1.54) is 0 Å². The molecule has 2 heterocycles. The maximum Gasteiger partial charge on any atom is 0.303 e. The quantitative estimate of drug-likeness (QED) is 0.910. The fourth-order valence-electron chi connectivity index (χ4n) is 4.15. The molecule has 1 saturated heterocycles. The number of aliphatic carboxylic acids is 1. The molecule has 0 aliphatic carbocycles. The van der Waals surface area contributed by atoms with E-state index in [1.54, 1.807) is 11.8 Å². The molecule has 1 aromatic rings. The van der Waals surface area contributed by atoms with Crippen LogP contribution in [-0.4, -0.2) is 47.4 Å². The van der Waals surface area contributed by atoms with Gasteiger partial charge in [-0.1, -0.05) is 18.2 Å². The number of nitrogens with zero attached hydrogens (tertiary/aromatic N) is 2. The van der Waals surface area contributed by atoms with Crippen molar-refractivity contribution in [2.24, 2.45) is 5.41 Å². The van der Waals surface area contributed by atoms with Gasteiger partial charge in [-0.25, -0.2) is 0 Å². The number of para-hydroxylation sites is 1. The molecule has 1 N–H and O–H groups in total. The van der Waals surface area contributed by atoms with Gasteiger partial charge in [-0.2, -0.15) is 0 Å². The van der Waals surface area contributed by atoms with Gasteiger partial charge in [-0.3, -0.25) is 14.4 Å². The highest BCUT2D eigenvalue weighted by Gasteiger charge is 2.43. The summed E-state index contributed by atoms with van der Waals surface area (Å²) < 4.78 is 0. The van der Waals surface area contributed by atoms with Crippen LogP contribution in [0.5, 0.6) is 0 Å². The number of carboxylic acid groups (broad SMARTS) is 1. The summed E-state index contributed by atoms with van der Waals surface area (Å²) in [7, 11) is 0. The standard InChI is InChI=1S/C19H24N2O4/c1-14(22)21-13-19(11-15-5-2-3-6-16(15)21)9-4-10-20(12-19)17(23)7-8-18(24)25/h2-3,5-6H,4,7-13H2,1H3,(H,24,25). The number of piperidine rings is 1.